The Morgan fingerprint density at radius 3 is 1.89 bits per heavy atom. The Balaban J connectivity index is 3.51. The Labute approximate surface area is 106 Å². The van der Waals surface area contributed by atoms with Crippen molar-refractivity contribution in [2.75, 3.05) is 0 Å². The topological polar surface area (TPSA) is 17.1 Å². The van der Waals surface area contributed by atoms with Gasteiger partial charge in [-0.2, -0.15) is 26.3 Å². The third kappa shape index (κ3) is 2.89. The van der Waals surface area contributed by atoms with Crippen molar-refractivity contribution in [3.05, 3.63) is 33.3 Å². The molecule has 0 bridgehead atoms. The Kier molecular flexibility index (Phi) is 3.88. The van der Waals surface area contributed by atoms with Crippen LogP contribution in [0.5, 0.6) is 0 Å². The van der Waals surface area contributed by atoms with Gasteiger partial charge in [-0.15, -0.1) is 0 Å². The number of hydrogen-bond donors (Lipinski definition) is 0. The fourth-order valence-electron chi connectivity index (χ4n) is 1.12. The highest BCUT2D eigenvalue weighted by atomic mass is 35.5. The lowest BCUT2D eigenvalue weighted by Gasteiger charge is -2.14. The molecule has 1 aromatic carbocycles. The van der Waals surface area contributed by atoms with Crippen molar-refractivity contribution >= 4 is 29.0 Å². The Bertz CT molecular complexity index is 491. The molecule has 0 N–H and O–H groups in total. The molecule has 0 radical (unpaired) electrons. The molecule has 0 atom stereocenters. The number of rotatable bonds is 1. The molecule has 9 heteroatoms. The average Bonchev–Trinajstić information content (AvgIpc) is 2.13. The predicted molar refractivity (Wildman–Crippen MR) is 51.8 cm³/mol. The summed E-state index contributed by atoms with van der Waals surface area (Å²) in [5.41, 5.74) is -2.96. The number of Topliss-reactive ketones (excluding diaryl/α,β-unsaturated/α-hetero) is 1. The van der Waals surface area contributed by atoms with Crippen LogP contribution in [0.3, 0.4) is 0 Å². The monoisotopic (exact) mass is 310 g/mol. The van der Waals surface area contributed by atoms with Crippen LogP contribution in [0, 0.1) is 0 Å². The summed E-state index contributed by atoms with van der Waals surface area (Å²) in [6, 6.07) is 0.938. The zero-order valence-corrected chi connectivity index (χ0v) is 9.60. The zero-order chi connectivity index (χ0) is 14.3. The number of carbonyl (C=O) groups is 1. The van der Waals surface area contributed by atoms with Crippen molar-refractivity contribution in [1.29, 1.82) is 0 Å². The van der Waals surface area contributed by atoms with Crippen LogP contribution in [0.25, 0.3) is 0 Å². The molecule has 0 heterocycles. The van der Waals surface area contributed by atoms with Gasteiger partial charge in [-0.05, 0) is 12.1 Å². The maximum atomic E-state index is 12.4. The molecule has 0 aromatic heterocycles. The van der Waals surface area contributed by atoms with Gasteiger partial charge in [0.25, 0.3) is 5.78 Å². The van der Waals surface area contributed by atoms with Crippen LogP contribution in [0.4, 0.5) is 26.3 Å². The fourth-order valence-corrected chi connectivity index (χ4v) is 1.77. The summed E-state index contributed by atoms with van der Waals surface area (Å²) < 4.78 is 73.7. The number of ketones is 1. The van der Waals surface area contributed by atoms with Crippen LogP contribution in [0.1, 0.15) is 15.9 Å². The van der Waals surface area contributed by atoms with Gasteiger partial charge >= 0.3 is 12.4 Å². The number of alkyl halides is 6. The molecule has 18 heavy (non-hydrogen) atoms. The largest absolute Gasteiger partial charge is 0.454 e. The van der Waals surface area contributed by atoms with Crippen LogP contribution in [-0.2, 0) is 6.18 Å². The third-order valence-electron chi connectivity index (χ3n) is 1.88. The van der Waals surface area contributed by atoms with Gasteiger partial charge in [0.05, 0.1) is 21.2 Å². The first-order valence-corrected chi connectivity index (χ1v) is 4.88. The zero-order valence-electron chi connectivity index (χ0n) is 8.09. The van der Waals surface area contributed by atoms with Gasteiger partial charge < -0.3 is 0 Å². The molecule has 0 aliphatic carbocycles. The molecule has 0 aliphatic rings. The molecule has 0 aliphatic heterocycles. The van der Waals surface area contributed by atoms with Crippen LogP contribution in [0.2, 0.25) is 10.0 Å². The van der Waals surface area contributed by atoms with Crippen LogP contribution in [-0.4, -0.2) is 12.0 Å². The molecule has 1 rings (SSSR count). The van der Waals surface area contributed by atoms with E-state index in [1.165, 1.54) is 0 Å². The van der Waals surface area contributed by atoms with E-state index >= 15 is 0 Å². The summed E-state index contributed by atoms with van der Waals surface area (Å²) in [5.74, 6) is -2.52. The molecule has 0 spiro atoms. The standard InChI is InChI=1S/C9H2Cl2F6O/c10-4-2-1-3(8(12,13)14)6(11)5(4)7(18)9(15,16)17/h1-2H. The highest BCUT2D eigenvalue weighted by Crippen LogP contribution is 2.40. The summed E-state index contributed by atoms with van der Waals surface area (Å²) in [7, 11) is 0. The van der Waals surface area contributed by atoms with Gasteiger partial charge in [0, 0.05) is 0 Å². The number of benzene rings is 1. The first-order valence-electron chi connectivity index (χ1n) is 4.13. The SMILES string of the molecule is O=C(c1c(Cl)ccc(C(F)(F)F)c1Cl)C(F)(F)F. The van der Waals surface area contributed by atoms with Crippen molar-refractivity contribution in [3.8, 4) is 0 Å². The molecule has 100 valence electrons. The minimum absolute atomic E-state index is 0.401. The second kappa shape index (κ2) is 4.62. The third-order valence-corrected chi connectivity index (χ3v) is 2.59. The minimum Gasteiger partial charge on any atom is -0.284 e. The minimum atomic E-state index is -5.36. The molecule has 1 aromatic rings. The summed E-state index contributed by atoms with van der Waals surface area (Å²) in [4.78, 5) is 10.9. The number of halogens is 8. The van der Waals surface area contributed by atoms with E-state index in [1.807, 2.05) is 0 Å². The second-order valence-electron chi connectivity index (χ2n) is 3.11. The maximum Gasteiger partial charge on any atom is 0.454 e. The van der Waals surface area contributed by atoms with E-state index < -0.39 is 39.3 Å². The molecule has 1 nitrogen and oxygen atoms in total. The molecule has 0 saturated heterocycles. The van der Waals surface area contributed by atoms with E-state index in [4.69, 9.17) is 23.2 Å². The van der Waals surface area contributed by atoms with E-state index in [1.54, 1.807) is 0 Å². The number of carbonyl (C=O) groups excluding carboxylic acids is 1. The normalized spacial score (nSPS) is 12.7. The van der Waals surface area contributed by atoms with Crippen LogP contribution >= 0.6 is 23.2 Å². The summed E-state index contributed by atoms with van der Waals surface area (Å²) in [6.07, 6.45) is -10.3. The molecule has 0 fully saturated rings. The molecule has 0 saturated carbocycles. The highest BCUT2D eigenvalue weighted by molar-refractivity contribution is 6.40. The first-order chi connectivity index (χ1) is 7.96. The van der Waals surface area contributed by atoms with Crippen LogP contribution in [0.15, 0.2) is 12.1 Å². The number of hydrogen-bond acceptors (Lipinski definition) is 1. The average molecular weight is 311 g/mol. The van der Waals surface area contributed by atoms with Gasteiger partial charge in [-0.25, -0.2) is 0 Å². The van der Waals surface area contributed by atoms with Crippen molar-refractivity contribution in [2.24, 2.45) is 0 Å². The summed E-state index contributed by atoms with van der Waals surface area (Å²) in [6.45, 7) is 0. The van der Waals surface area contributed by atoms with Gasteiger partial charge in [0.2, 0.25) is 0 Å². The quantitative estimate of drug-likeness (QED) is 0.540. The van der Waals surface area contributed by atoms with E-state index in [0.717, 1.165) is 0 Å². The van der Waals surface area contributed by atoms with Gasteiger partial charge in [-0.1, -0.05) is 23.2 Å². The molecular formula is C9H2Cl2F6O. The van der Waals surface area contributed by atoms with Gasteiger partial charge in [-0.3, -0.25) is 4.79 Å². The van der Waals surface area contributed by atoms with Crippen molar-refractivity contribution in [1.82, 2.24) is 0 Å². The summed E-state index contributed by atoms with van der Waals surface area (Å²) in [5, 5.41) is -2.16. The lowest BCUT2D eigenvalue weighted by molar-refractivity contribution is -0.137. The smallest absolute Gasteiger partial charge is 0.284 e. The van der Waals surface area contributed by atoms with E-state index in [2.05, 4.69) is 0 Å². The highest BCUT2D eigenvalue weighted by Gasteiger charge is 2.44. The first kappa shape index (κ1) is 15.1. The van der Waals surface area contributed by atoms with Gasteiger partial charge in [0.15, 0.2) is 0 Å². The van der Waals surface area contributed by atoms with E-state index in [0.29, 0.717) is 12.1 Å². The molecule has 0 unspecified atom stereocenters. The Morgan fingerprint density at radius 1 is 1.00 bits per heavy atom. The van der Waals surface area contributed by atoms with Crippen molar-refractivity contribution in [3.63, 3.8) is 0 Å². The van der Waals surface area contributed by atoms with E-state index in [9.17, 15) is 31.1 Å². The van der Waals surface area contributed by atoms with Crippen molar-refractivity contribution < 1.29 is 31.1 Å². The molecular weight excluding hydrogens is 309 g/mol. The predicted octanol–water partition coefficient (Wildman–Crippen LogP) is 4.76. The van der Waals surface area contributed by atoms with E-state index in [-0.39, 0.29) is 0 Å². The maximum absolute atomic E-state index is 12.4. The van der Waals surface area contributed by atoms with Crippen molar-refractivity contribution in [2.45, 2.75) is 12.4 Å². The lowest BCUT2D eigenvalue weighted by atomic mass is 10.1. The van der Waals surface area contributed by atoms with Crippen LogP contribution < -0.4 is 0 Å². The lowest BCUT2D eigenvalue weighted by Crippen LogP contribution is -2.24. The second-order valence-corrected chi connectivity index (χ2v) is 3.89. The fraction of sp³-hybridized carbons (Fsp3) is 0.222. The Hall–Kier alpha value is -0.950. The summed E-state index contributed by atoms with van der Waals surface area (Å²) >= 11 is 10.5. The molecule has 0 amide bonds. The Morgan fingerprint density at radius 2 is 1.50 bits per heavy atom. The van der Waals surface area contributed by atoms with Gasteiger partial charge in [0.1, 0.15) is 0 Å².